The first kappa shape index (κ1) is 19.0. The molecule has 0 aliphatic heterocycles. The molecule has 0 unspecified atom stereocenters. The zero-order chi connectivity index (χ0) is 13.9. The molecule has 1 N–H and O–H groups in total. The van der Waals surface area contributed by atoms with E-state index in [2.05, 4.69) is 28.8 Å². The SMILES string of the molecule is C=CCCCCCN(C)C(=NC)NCc1ccco1.I. The highest BCUT2D eigenvalue weighted by Crippen LogP contribution is 2.02. The van der Waals surface area contributed by atoms with Crippen LogP contribution < -0.4 is 5.32 Å². The van der Waals surface area contributed by atoms with Crippen molar-refractivity contribution in [3.8, 4) is 0 Å². The highest BCUT2D eigenvalue weighted by atomic mass is 127. The first-order chi connectivity index (χ1) is 9.27. The van der Waals surface area contributed by atoms with Crippen molar-refractivity contribution in [1.29, 1.82) is 0 Å². The zero-order valence-corrected chi connectivity index (χ0v) is 14.8. The van der Waals surface area contributed by atoms with Gasteiger partial charge in [-0.1, -0.05) is 12.5 Å². The smallest absolute Gasteiger partial charge is 0.193 e. The minimum absolute atomic E-state index is 0. The summed E-state index contributed by atoms with van der Waals surface area (Å²) in [5.74, 6) is 1.82. The maximum absolute atomic E-state index is 5.29. The minimum atomic E-state index is 0. The van der Waals surface area contributed by atoms with Gasteiger partial charge in [0, 0.05) is 20.6 Å². The number of allylic oxidation sites excluding steroid dienone is 1. The number of hydrogen-bond acceptors (Lipinski definition) is 2. The third-order valence-corrected chi connectivity index (χ3v) is 2.98. The molecule has 1 heterocycles. The third-order valence-electron chi connectivity index (χ3n) is 2.98. The molecule has 0 aromatic carbocycles. The third kappa shape index (κ3) is 7.57. The van der Waals surface area contributed by atoms with Crippen molar-refractivity contribution in [3.05, 3.63) is 36.8 Å². The van der Waals surface area contributed by atoms with Crippen LogP contribution in [0.15, 0.2) is 40.5 Å². The van der Waals surface area contributed by atoms with Crippen molar-refractivity contribution in [1.82, 2.24) is 10.2 Å². The molecule has 0 radical (unpaired) electrons. The lowest BCUT2D eigenvalue weighted by Crippen LogP contribution is -2.38. The molecule has 0 aliphatic rings. The summed E-state index contributed by atoms with van der Waals surface area (Å²) in [5.41, 5.74) is 0. The van der Waals surface area contributed by atoms with E-state index < -0.39 is 0 Å². The monoisotopic (exact) mass is 391 g/mol. The standard InChI is InChI=1S/C15H25N3O.HI/c1-4-5-6-7-8-11-18(3)15(16-2)17-13-14-10-9-12-19-14;/h4,9-10,12H,1,5-8,11,13H2,2-3H3,(H,16,17);1H. The fourth-order valence-electron chi connectivity index (χ4n) is 1.88. The van der Waals surface area contributed by atoms with E-state index in [0.717, 1.165) is 24.7 Å². The highest BCUT2D eigenvalue weighted by molar-refractivity contribution is 14.0. The molecule has 4 nitrogen and oxygen atoms in total. The van der Waals surface area contributed by atoms with Crippen LogP contribution in [0, 0.1) is 0 Å². The van der Waals surface area contributed by atoms with E-state index in [1.54, 1.807) is 13.3 Å². The van der Waals surface area contributed by atoms with Gasteiger partial charge in [0.15, 0.2) is 5.96 Å². The van der Waals surface area contributed by atoms with Crippen LogP contribution in [0.5, 0.6) is 0 Å². The van der Waals surface area contributed by atoms with Gasteiger partial charge in [-0.05, 0) is 31.4 Å². The molecule has 0 spiro atoms. The van der Waals surface area contributed by atoms with Gasteiger partial charge in [0.05, 0.1) is 12.8 Å². The summed E-state index contributed by atoms with van der Waals surface area (Å²) in [7, 11) is 3.86. The van der Waals surface area contributed by atoms with Crippen molar-refractivity contribution in [2.45, 2.75) is 32.2 Å². The predicted molar refractivity (Wildman–Crippen MR) is 95.6 cm³/mol. The van der Waals surface area contributed by atoms with Crippen LogP contribution in [0.4, 0.5) is 0 Å². The second-order valence-corrected chi connectivity index (χ2v) is 4.54. The molecule has 1 aromatic rings. The Kier molecular flexibility index (Phi) is 11.2. The Bertz CT molecular complexity index is 376. The Labute approximate surface area is 139 Å². The number of aliphatic imine (C=N–C) groups is 1. The Morgan fingerprint density at radius 2 is 2.25 bits per heavy atom. The molecule has 1 rings (SSSR count). The highest BCUT2D eigenvalue weighted by Gasteiger charge is 2.05. The van der Waals surface area contributed by atoms with E-state index in [1.165, 1.54) is 19.3 Å². The van der Waals surface area contributed by atoms with Gasteiger partial charge < -0.3 is 14.6 Å². The molecule has 1 aromatic heterocycles. The van der Waals surface area contributed by atoms with Crippen LogP contribution in [0.2, 0.25) is 0 Å². The normalized spacial score (nSPS) is 10.8. The van der Waals surface area contributed by atoms with Crippen LogP contribution in [0.3, 0.4) is 0 Å². The molecule has 0 fully saturated rings. The van der Waals surface area contributed by atoms with Crippen LogP contribution >= 0.6 is 24.0 Å². The first-order valence-electron chi connectivity index (χ1n) is 6.83. The topological polar surface area (TPSA) is 40.8 Å². The maximum Gasteiger partial charge on any atom is 0.193 e. The van der Waals surface area contributed by atoms with Crippen LogP contribution in [-0.2, 0) is 6.54 Å². The fourth-order valence-corrected chi connectivity index (χ4v) is 1.88. The number of rotatable bonds is 8. The quantitative estimate of drug-likeness (QED) is 0.242. The number of hydrogen-bond donors (Lipinski definition) is 1. The lowest BCUT2D eigenvalue weighted by Gasteiger charge is -2.21. The van der Waals surface area contributed by atoms with Gasteiger partial charge in [0.25, 0.3) is 0 Å². The van der Waals surface area contributed by atoms with Crippen molar-refractivity contribution in [2.24, 2.45) is 4.99 Å². The van der Waals surface area contributed by atoms with Gasteiger partial charge in [-0.15, -0.1) is 30.6 Å². The van der Waals surface area contributed by atoms with E-state index in [-0.39, 0.29) is 24.0 Å². The number of unbranched alkanes of at least 4 members (excludes halogenated alkanes) is 3. The number of nitrogens with zero attached hydrogens (tertiary/aromatic N) is 2. The lowest BCUT2D eigenvalue weighted by atomic mass is 10.2. The largest absolute Gasteiger partial charge is 0.467 e. The Hall–Kier alpha value is -0.980. The molecule has 0 amide bonds. The van der Waals surface area contributed by atoms with Gasteiger partial charge in [0.1, 0.15) is 5.76 Å². The summed E-state index contributed by atoms with van der Waals surface area (Å²) in [6.07, 6.45) is 8.39. The summed E-state index contributed by atoms with van der Waals surface area (Å²) < 4.78 is 5.29. The number of nitrogens with one attached hydrogen (secondary N) is 1. The molecule has 0 atom stereocenters. The molecule has 0 bridgehead atoms. The molecular weight excluding hydrogens is 365 g/mol. The zero-order valence-electron chi connectivity index (χ0n) is 12.5. The van der Waals surface area contributed by atoms with E-state index in [0.29, 0.717) is 6.54 Å². The van der Waals surface area contributed by atoms with Gasteiger partial charge >= 0.3 is 0 Å². The van der Waals surface area contributed by atoms with E-state index in [4.69, 9.17) is 4.42 Å². The Morgan fingerprint density at radius 1 is 1.45 bits per heavy atom. The minimum Gasteiger partial charge on any atom is -0.467 e. The second-order valence-electron chi connectivity index (χ2n) is 4.54. The van der Waals surface area contributed by atoms with Crippen LogP contribution in [0.25, 0.3) is 0 Å². The van der Waals surface area contributed by atoms with Crippen molar-refractivity contribution >= 4 is 29.9 Å². The first-order valence-corrected chi connectivity index (χ1v) is 6.83. The van der Waals surface area contributed by atoms with Gasteiger partial charge in [-0.2, -0.15) is 0 Å². The molecule has 0 saturated heterocycles. The Morgan fingerprint density at radius 3 is 2.85 bits per heavy atom. The van der Waals surface area contributed by atoms with Crippen molar-refractivity contribution in [2.75, 3.05) is 20.6 Å². The average Bonchev–Trinajstić information content (AvgIpc) is 2.92. The summed E-state index contributed by atoms with van der Waals surface area (Å²) >= 11 is 0. The number of guanidine groups is 1. The van der Waals surface area contributed by atoms with Crippen molar-refractivity contribution in [3.63, 3.8) is 0 Å². The average molecular weight is 391 g/mol. The van der Waals surface area contributed by atoms with Gasteiger partial charge in [-0.3, -0.25) is 4.99 Å². The Balaban J connectivity index is 0.00000361. The van der Waals surface area contributed by atoms with Crippen molar-refractivity contribution < 1.29 is 4.42 Å². The van der Waals surface area contributed by atoms with E-state index >= 15 is 0 Å². The lowest BCUT2D eigenvalue weighted by molar-refractivity contribution is 0.445. The molecule has 114 valence electrons. The predicted octanol–water partition coefficient (Wildman–Crippen LogP) is 3.65. The fraction of sp³-hybridized carbons (Fsp3) is 0.533. The molecule has 5 heteroatoms. The summed E-state index contributed by atoms with van der Waals surface area (Å²) in [6, 6.07) is 3.85. The van der Waals surface area contributed by atoms with Gasteiger partial charge in [-0.25, -0.2) is 0 Å². The maximum atomic E-state index is 5.29. The van der Waals surface area contributed by atoms with E-state index in [9.17, 15) is 0 Å². The molecule has 0 saturated carbocycles. The molecule has 0 aliphatic carbocycles. The molecular formula is C15H26IN3O. The number of halogens is 1. The van der Waals surface area contributed by atoms with E-state index in [1.807, 2.05) is 18.2 Å². The summed E-state index contributed by atoms with van der Waals surface area (Å²) in [5, 5.41) is 3.29. The van der Waals surface area contributed by atoms with Crippen LogP contribution in [-0.4, -0.2) is 31.5 Å². The summed E-state index contributed by atoms with van der Waals surface area (Å²) in [6.45, 7) is 5.41. The second kappa shape index (κ2) is 11.8. The van der Waals surface area contributed by atoms with Crippen LogP contribution in [0.1, 0.15) is 31.4 Å². The molecule has 20 heavy (non-hydrogen) atoms. The van der Waals surface area contributed by atoms with Gasteiger partial charge in [0.2, 0.25) is 0 Å². The number of furan rings is 1. The summed E-state index contributed by atoms with van der Waals surface area (Å²) in [4.78, 5) is 6.43.